The fraction of sp³-hybridized carbons (Fsp3) is 0.474. The number of hydrogen-bond donors (Lipinski definition) is 2. The molecule has 1 aliphatic carbocycles. The van der Waals surface area contributed by atoms with Crippen LogP contribution in [0.15, 0.2) is 22.5 Å². The molecule has 3 rings (SSSR count). The minimum absolute atomic E-state index is 0.00524. The summed E-state index contributed by atoms with van der Waals surface area (Å²) in [6.07, 6.45) is 5.72. The van der Waals surface area contributed by atoms with Crippen molar-refractivity contribution in [3.8, 4) is 11.5 Å². The van der Waals surface area contributed by atoms with Gasteiger partial charge in [0.15, 0.2) is 4.34 Å². The molecule has 0 radical (unpaired) electrons. The molecule has 0 unspecified atom stereocenters. The van der Waals surface area contributed by atoms with Crippen LogP contribution in [0, 0.1) is 0 Å². The standard InChI is InChI=1S/C19H24N4O4S2/c1-26-13-8-9-14(15(10-13)27-2)17(25)21-18-22-23-19(29-18)28-11-16(24)20-12-6-4-3-5-7-12/h8-10,12H,3-7,11H2,1-2H3,(H,20,24)(H,21,22,25). The van der Waals surface area contributed by atoms with E-state index in [2.05, 4.69) is 20.8 Å². The van der Waals surface area contributed by atoms with Gasteiger partial charge in [0.25, 0.3) is 5.91 Å². The van der Waals surface area contributed by atoms with Gasteiger partial charge in [-0.05, 0) is 25.0 Å². The lowest BCUT2D eigenvalue weighted by Crippen LogP contribution is -2.37. The summed E-state index contributed by atoms with van der Waals surface area (Å²) < 4.78 is 11.0. The van der Waals surface area contributed by atoms with Gasteiger partial charge in [-0.15, -0.1) is 10.2 Å². The average Bonchev–Trinajstić information content (AvgIpc) is 3.19. The molecule has 8 nitrogen and oxygen atoms in total. The Bertz CT molecular complexity index is 852. The van der Waals surface area contributed by atoms with E-state index in [0.717, 1.165) is 12.8 Å². The first-order valence-corrected chi connectivity index (χ1v) is 11.2. The van der Waals surface area contributed by atoms with Crippen LogP contribution in [0.1, 0.15) is 42.5 Å². The van der Waals surface area contributed by atoms with Crippen molar-refractivity contribution < 1.29 is 19.1 Å². The highest BCUT2D eigenvalue weighted by atomic mass is 32.2. The fourth-order valence-electron chi connectivity index (χ4n) is 3.11. The molecule has 1 saturated carbocycles. The van der Waals surface area contributed by atoms with Gasteiger partial charge in [0, 0.05) is 12.1 Å². The van der Waals surface area contributed by atoms with Crippen molar-refractivity contribution in [1.29, 1.82) is 0 Å². The molecule has 1 heterocycles. The highest BCUT2D eigenvalue weighted by Gasteiger charge is 2.18. The zero-order chi connectivity index (χ0) is 20.6. The predicted molar refractivity (Wildman–Crippen MR) is 113 cm³/mol. The highest BCUT2D eigenvalue weighted by Crippen LogP contribution is 2.28. The average molecular weight is 437 g/mol. The second kappa shape index (κ2) is 10.4. The van der Waals surface area contributed by atoms with Gasteiger partial charge in [-0.25, -0.2) is 0 Å². The number of hydrogen-bond acceptors (Lipinski definition) is 8. The largest absolute Gasteiger partial charge is 0.497 e. The number of benzene rings is 1. The number of thioether (sulfide) groups is 1. The van der Waals surface area contributed by atoms with E-state index in [1.807, 2.05) is 0 Å². The van der Waals surface area contributed by atoms with E-state index in [-0.39, 0.29) is 17.6 Å². The Hall–Kier alpha value is -2.33. The Kier molecular flexibility index (Phi) is 7.70. The minimum Gasteiger partial charge on any atom is -0.497 e. The Morgan fingerprint density at radius 1 is 1.17 bits per heavy atom. The smallest absolute Gasteiger partial charge is 0.261 e. The molecule has 10 heteroatoms. The number of methoxy groups -OCH3 is 2. The lowest BCUT2D eigenvalue weighted by molar-refractivity contribution is -0.119. The lowest BCUT2D eigenvalue weighted by Gasteiger charge is -2.22. The van der Waals surface area contributed by atoms with E-state index in [9.17, 15) is 9.59 Å². The Balaban J connectivity index is 1.52. The molecule has 2 N–H and O–H groups in total. The molecular formula is C19H24N4O4S2. The third kappa shape index (κ3) is 6.07. The molecule has 1 fully saturated rings. The normalized spacial score (nSPS) is 14.3. The number of anilines is 1. The third-order valence-corrected chi connectivity index (χ3v) is 6.55. The number of carbonyl (C=O) groups excluding carboxylic acids is 2. The number of nitrogens with zero attached hydrogens (tertiary/aromatic N) is 2. The zero-order valence-electron chi connectivity index (χ0n) is 16.4. The summed E-state index contributed by atoms with van der Waals surface area (Å²) in [5.74, 6) is 0.934. The molecule has 0 saturated heterocycles. The summed E-state index contributed by atoms with van der Waals surface area (Å²) in [5, 5.41) is 14.2. The van der Waals surface area contributed by atoms with Gasteiger partial charge in [0.1, 0.15) is 11.5 Å². The van der Waals surface area contributed by atoms with Crippen LogP contribution in [0.3, 0.4) is 0 Å². The van der Waals surface area contributed by atoms with Gasteiger partial charge in [-0.1, -0.05) is 42.4 Å². The van der Waals surface area contributed by atoms with Gasteiger partial charge < -0.3 is 14.8 Å². The SMILES string of the molecule is COc1ccc(C(=O)Nc2nnc(SCC(=O)NC3CCCCC3)s2)c(OC)c1. The number of rotatable bonds is 8. The molecule has 1 aromatic heterocycles. The van der Waals surface area contributed by atoms with Crippen LogP contribution in [0.2, 0.25) is 0 Å². The molecule has 0 aliphatic heterocycles. The maximum Gasteiger partial charge on any atom is 0.261 e. The maximum absolute atomic E-state index is 12.5. The van der Waals surface area contributed by atoms with E-state index in [4.69, 9.17) is 9.47 Å². The molecule has 1 aliphatic rings. The van der Waals surface area contributed by atoms with E-state index >= 15 is 0 Å². The molecule has 2 amide bonds. The van der Waals surface area contributed by atoms with Crippen molar-refractivity contribution in [3.05, 3.63) is 23.8 Å². The summed E-state index contributed by atoms with van der Waals surface area (Å²) in [6.45, 7) is 0. The monoisotopic (exact) mass is 436 g/mol. The number of carbonyl (C=O) groups is 2. The maximum atomic E-state index is 12.5. The van der Waals surface area contributed by atoms with E-state index in [1.54, 1.807) is 25.3 Å². The Morgan fingerprint density at radius 2 is 1.97 bits per heavy atom. The predicted octanol–water partition coefficient (Wildman–Crippen LogP) is 3.35. The molecule has 2 aromatic rings. The van der Waals surface area contributed by atoms with Crippen molar-refractivity contribution in [3.63, 3.8) is 0 Å². The van der Waals surface area contributed by atoms with Crippen molar-refractivity contribution in [1.82, 2.24) is 15.5 Å². The van der Waals surface area contributed by atoms with Crippen molar-refractivity contribution in [2.45, 2.75) is 42.5 Å². The lowest BCUT2D eigenvalue weighted by atomic mass is 9.95. The summed E-state index contributed by atoms with van der Waals surface area (Å²) in [7, 11) is 3.04. The van der Waals surface area contributed by atoms with Crippen LogP contribution in [0.5, 0.6) is 11.5 Å². The summed E-state index contributed by atoms with van der Waals surface area (Å²) >= 11 is 2.54. The van der Waals surface area contributed by atoms with Crippen LogP contribution in [0.4, 0.5) is 5.13 Å². The summed E-state index contributed by atoms with van der Waals surface area (Å²) in [6, 6.07) is 5.24. The molecule has 29 heavy (non-hydrogen) atoms. The first-order chi connectivity index (χ1) is 14.1. The van der Waals surface area contributed by atoms with Crippen molar-refractivity contribution in [2.24, 2.45) is 0 Å². The Morgan fingerprint density at radius 3 is 2.69 bits per heavy atom. The van der Waals surface area contributed by atoms with E-state index < -0.39 is 0 Å². The third-order valence-electron chi connectivity index (χ3n) is 4.58. The van der Waals surface area contributed by atoms with Crippen LogP contribution in [0.25, 0.3) is 0 Å². The molecule has 156 valence electrons. The second-order valence-corrected chi connectivity index (χ2v) is 8.78. The van der Waals surface area contributed by atoms with Crippen molar-refractivity contribution >= 4 is 40.0 Å². The van der Waals surface area contributed by atoms with Gasteiger partial charge in [-0.2, -0.15) is 0 Å². The number of aromatic nitrogens is 2. The van der Waals surface area contributed by atoms with Gasteiger partial charge >= 0.3 is 0 Å². The van der Waals surface area contributed by atoms with E-state index in [0.29, 0.717) is 32.6 Å². The first-order valence-electron chi connectivity index (χ1n) is 9.38. The van der Waals surface area contributed by atoms with Crippen LogP contribution < -0.4 is 20.1 Å². The molecule has 0 atom stereocenters. The zero-order valence-corrected chi connectivity index (χ0v) is 18.0. The van der Waals surface area contributed by atoms with Gasteiger partial charge in [0.05, 0.1) is 25.5 Å². The fourth-order valence-corrected chi connectivity index (χ4v) is 4.67. The van der Waals surface area contributed by atoms with Crippen molar-refractivity contribution in [2.75, 3.05) is 25.3 Å². The Labute approximate surface area is 177 Å². The number of ether oxygens (including phenoxy) is 2. The number of nitrogens with one attached hydrogen (secondary N) is 2. The molecule has 0 spiro atoms. The molecular weight excluding hydrogens is 412 g/mol. The first kappa shape index (κ1) is 21.4. The van der Waals surface area contributed by atoms with Gasteiger partial charge in [0.2, 0.25) is 11.0 Å². The van der Waals surface area contributed by atoms with E-state index in [1.165, 1.54) is 49.5 Å². The summed E-state index contributed by atoms with van der Waals surface area (Å²) in [4.78, 5) is 24.6. The topological polar surface area (TPSA) is 102 Å². The second-order valence-electron chi connectivity index (χ2n) is 6.58. The van der Waals surface area contributed by atoms with Crippen LogP contribution in [-0.2, 0) is 4.79 Å². The highest BCUT2D eigenvalue weighted by molar-refractivity contribution is 8.01. The minimum atomic E-state index is -0.354. The molecule has 1 aromatic carbocycles. The van der Waals surface area contributed by atoms with Gasteiger partial charge in [-0.3, -0.25) is 14.9 Å². The molecule has 0 bridgehead atoms. The van der Waals surface area contributed by atoms with Crippen LogP contribution >= 0.6 is 23.1 Å². The summed E-state index contributed by atoms with van der Waals surface area (Å²) in [5.41, 5.74) is 0.365. The van der Waals surface area contributed by atoms with Crippen LogP contribution in [-0.4, -0.2) is 48.0 Å². The number of amides is 2. The quantitative estimate of drug-likeness (QED) is 0.483.